The molecule has 0 amide bonds. The minimum Gasteiger partial charge on any atom is -0.309 e. The summed E-state index contributed by atoms with van der Waals surface area (Å²) in [5.41, 5.74) is 1.40. The molecule has 1 nitrogen and oxygen atoms in total. The lowest BCUT2D eigenvalue weighted by Gasteiger charge is -2.23. The van der Waals surface area contributed by atoms with Gasteiger partial charge in [-0.25, -0.2) is 0 Å². The minimum absolute atomic E-state index is 0.464. The number of hydrogen-bond donors (Lipinski definition) is 1. The van der Waals surface area contributed by atoms with Gasteiger partial charge >= 0.3 is 0 Å². The van der Waals surface area contributed by atoms with Gasteiger partial charge in [0, 0.05) is 23.9 Å². The SMILES string of the molecule is C#CCCNC1CCCc2sc(Cl)cc21. The number of halogens is 1. The summed E-state index contributed by atoms with van der Waals surface area (Å²) in [4.78, 5) is 1.45. The number of nitrogens with one attached hydrogen (secondary N) is 1. The molecule has 1 aromatic rings. The summed E-state index contributed by atoms with van der Waals surface area (Å²) in [5.74, 6) is 2.65. The third-order valence-corrected chi connectivity index (χ3v) is 4.08. The normalized spacial score (nSPS) is 19.6. The maximum Gasteiger partial charge on any atom is 0.0934 e. The molecule has 1 N–H and O–H groups in total. The van der Waals surface area contributed by atoms with E-state index in [4.69, 9.17) is 18.0 Å². The summed E-state index contributed by atoms with van der Waals surface area (Å²) in [5, 5.41) is 3.50. The second-order valence-corrected chi connectivity index (χ2v) is 5.55. The van der Waals surface area contributed by atoms with Gasteiger partial charge in [-0.2, -0.15) is 0 Å². The van der Waals surface area contributed by atoms with Crippen molar-refractivity contribution in [2.45, 2.75) is 31.7 Å². The predicted octanol–water partition coefficient (Wildman–Crippen LogP) is 3.39. The molecule has 1 aliphatic rings. The molecule has 1 atom stereocenters. The molecule has 0 saturated heterocycles. The number of hydrogen-bond acceptors (Lipinski definition) is 2. The molecule has 0 aliphatic heterocycles. The Balaban J connectivity index is 2.05. The van der Waals surface area contributed by atoms with Crippen LogP contribution in [0, 0.1) is 12.3 Å². The molecule has 0 radical (unpaired) electrons. The number of thiophene rings is 1. The Morgan fingerprint density at radius 1 is 1.67 bits per heavy atom. The first-order valence-corrected chi connectivity index (χ1v) is 6.45. The van der Waals surface area contributed by atoms with E-state index in [0.29, 0.717) is 6.04 Å². The van der Waals surface area contributed by atoms with Crippen LogP contribution in [0.4, 0.5) is 0 Å². The molecule has 1 heterocycles. The number of fused-ring (bicyclic) bond motifs is 1. The van der Waals surface area contributed by atoms with E-state index >= 15 is 0 Å². The fourth-order valence-electron chi connectivity index (χ4n) is 2.05. The van der Waals surface area contributed by atoms with Crippen molar-refractivity contribution in [3.05, 3.63) is 20.8 Å². The van der Waals surface area contributed by atoms with E-state index in [-0.39, 0.29) is 0 Å². The van der Waals surface area contributed by atoms with Crippen molar-refractivity contribution >= 4 is 22.9 Å². The van der Waals surface area contributed by atoms with Crippen LogP contribution >= 0.6 is 22.9 Å². The fourth-order valence-corrected chi connectivity index (χ4v) is 3.44. The van der Waals surface area contributed by atoms with Gasteiger partial charge in [0.05, 0.1) is 4.34 Å². The van der Waals surface area contributed by atoms with Crippen LogP contribution in [0.25, 0.3) is 0 Å². The van der Waals surface area contributed by atoms with E-state index in [0.717, 1.165) is 17.3 Å². The minimum atomic E-state index is 0.464. The second kappa shape index (κ2) is 5.03. The molecule has 0 saturated carbocycles. The zero-order valence-corrected chi connectivity index (χ0v) is 10.1. The van der Waals surface area contributed by atoms with Gasteiger partial charge in [0.15, 0.2) is 0 Å². The molecule has 0 aromatic carbocycles. The zero-order valence-electron chi connectivity index (χ0n) is 8.55. The van der Waals surface area contributed by atoms with Crippen molar-refractivity contribution < 1.29 is 0 Å². The molecular weight excluding hydrogens is 226 g/mol. The standard InChI is InChI=1S/C12H14ClNS/c1-2-3-7-14-10-5-4-6-11-9(10)8-12(13)15-11/h1,8,10,14H,3-7H2. The highest BCUT2D eigenvalue weighted by atomic mass is 35.5. The third kappa shape index (κ3) is 2.55. The first kappa shape index (κ1) is 11.0. The molecule has 0 bridgehead atoms. The van der Waals surface area contributed by atoms with E-state index in [1.54, 1.807) is 11.3 Å². The molecule has 80 valence electrons. The van der Waals surface area contributed by atoms with Crippen LogP contribution in [0.3, 0.4) is 0 Å². The summed E-state index contributed by atoms with van der Waals surface area (Å²) in [6.45, 7) is 0.897. The molecule has 3 heteroatoms. The lowest BCUT2D eigenvalue weighted by atomic mass is 9.94. The Hall–Kier alpha value is -0.490. The van der Waals surface area contributed by atoms with Crippen molar-refractivity contribution in [1.29, 1.82) is 0 Å². The Bertz CT molecular complexity index is 377. The smallest absolute Gasteiger partial charge is 0.0934 e. The van der Waals surface area contributed by atoms with Gasteiger partial charge in [-0.05, 0) is 30.9 Å². The maximum atomic E-state index is 6.04. The van der Waals surface area contributed by atoms with E-state index in [1.165, 1.54) is 29.7 Å². The lowest BCUT2D eigenvalue weighted by molar-refractivity contribution is 0.470. The molecule has 2 rings (SSSR count). The Morgan fingerprint density at radius 3 is 3.33 bits per heavy atom. The lowest BCUT2D eigenvalue weighted by Crippen LogP contribution is -2.24. The first-order valence-electron chi connectivity index (χ1n) is 5.26. The van der Waals surface area contributed by atoms with Gasteiger partial charge in [-0.3, -0.25) is 0 Å². The van der Waals surface area contributed by atoms with Crippen LogP contribution < -0.4 is 5.32 Å². The van der Waals surface area contributed by atoms with Crippen LogP contribution in [-0.2, 0) is 6.42 Å². The van der Waals surface area contributed by atoms with Crippen molar-refractivity contribution in [2.24, 2.45) is 0 Å². The van der Waals surface area contributed by atoms with Crippen molar-refractivity contribution in [2.75, 3.05) is 6.54 Å². The molecule has 1 unspecified atom stereocenters. The molecular formula is C12H14ClNS. The van der Waals surface area contributed by atoms with Gasteiger partial charge in [0.25, 0.3) is 0 Å². The predicted molar refractivity (Wildman–Crippen MR) is 66.5 cm³/mol. The van der Waals surface area contributed by atoms with Crippen molar-refractivity contribution in [3.8, 4) is 12.3 Å². The number of aryl methyl sites for hydroxylation is 1. The molecule has 1 aromatic heterocycles. The number of terminal acetylenes is 1. The largest absolute Gasteiger partial charge is 0.309 e. The third-order valence-electron chi connectivity index (χ3n) is 2.74. The topological polar surface area (TPSA) is 12.0 Å². The summed E-state index contributed by atoms with van der Waals surface area (Å²) >= 11 is 7.75. The van der Waals surface area contributed by atoms with Crippen LogP contribution in [0.1, 0.15) is 35.7 Å². The Kier molecular flexibility index (Phi) is 3.69. The maximum absolute atomic E-state index is 6.04. The van der Waals surface area contributed by atoms with E-state index in [9.17, 15) is 0 Å². The average Bonchev–Trinajstić information content (AvgIpc) is 2.59. The van der Waals surface area contributed by atoms with Gasteiger partial charge in [0.2, 0.25) is 0 Å². The van der Waals surface area contributed by atoms with Crippen molar-refractivity contribution in [1.82, 2.24) is 5.32 Å². The van der Waals surface area contributed by atoms with E-state index in [2.05, 4.69) is 17.3 Å². The van der Waals surface area contributed by atoms with Gasteiger partial charge in [-0.15, -0.1) is 23.7 Å². The van der Waals surface area contributed by atoms with Gasteiger partial charge in [-0.1, -0.05) is 11.6 Å². The molecule has 1 aliphatic carbocycles. The summed E-state index contributed by atoms with van der Waals surface area (Å²) < 4.78 is 0.908. The van der Waals surface area contributed by atoms with E-state index in [1.807, 2.05) is 0 Å². The highest BCUT2D eigenvalue weighted by molar-refractivity contribution is 7.16. The summed E-state index contributed by atoms with van der Waals surface area (Å²) in [6, 6.07) is 2.57. The Labute approximate surface area is 99.8 Å². The van der Waals surface area contributed by atoms with Crippen molar-refractivity contribution in [3.63, 3.8) is 0 Å². The molecule has 0 spiro atoms. The monoisotopic (exact) mass is 239 g/mol. The molecule has 0 fully saturated rings. The summed E-state index contributed by atoms with van der Waals surface area (Å²) in [7, 11) is 0. The van der Waals surface area contributed by atoms with Gasteiger partial charge in [0.1, 0.15) is 0 Å². The Morgan fingerprint density at radius 2 is 2.53 bits per heavy atom. The van der Waals surface area contributed by atoms with Gasteiger partial charge < -0.3 is 5.32 Å². The van der Waals surface area contributed by atoms with Crippen LogP contribution in [0.15, 0.2) is 6.07 Å². The highest BCUT2D eigenvalue weighted by Crippen LogP contribution is 2.37. The number of rotatable bonds is 3. The zero-order chi connectivity index (χ0) is 10.7. The van der Waals surface area contributed by atoms with Crippen LogP contribution in [0.5, 0.6) is 0 Å². The quantitative estimate of drug-likeness (QED) is 0.630. The van der Waals surface area contributed by atoms with E-state index < -0.39 is 0 Å². The highest BCUT2D eigenvalue weighted by Gasteiger charge is 2.21. The molecule has 15 heavy (non-hydrogen) atoms. The first-order chi connectivity index (χ1) is 7.31. The average molecular weight is 240 g/mol. The summed E-state index contributed by atoms with van der Waals surface area (Å²) in [6.07, 6.45) is 9.66. The van der Waals surface area contributed by atoms with Crippen LogP contribution in [0.2, 0.25) is 4.34 Å². The fraction of sp³-hybridized carbons (Fsp3) is 0.500. The van der Waals surface area contributed by atoms with Crippen LogP contribution in [-0.4, -0.2) is 6.54 Å². The second-order valence-electron chi connectivity index (χ2n) is 3.78.